The zero-order valence-corrected chi connectivity index (χ0v) is 8.33. The van der Waals surface area contributed by atoms with Crippen LogP contribution < -0.4 is 5.73 Å². The van der Waals surface area contributed by atoms with Gasteiger partial charge in [0.15, 0.2) is 0 Å². The van der Waals surface area contributed by atoms with Gasteiger partial charge in [-0.1, -0.05) is 26.2 Å². The molecule has 13 heavy (non-hydrogen) atoms. The van der Waals surface area contributed by atoms with Gasteiger partial charge in [0.05, 0.1) is 6.26 Å². The second kappa shape index (κ2) is 5.81. The van der Waals surface area contributed by atoms with Crippen molar-refractivity contribution in [1.82, 2.24) is 0 Å². The van der Waals surface area contributed by atoms with E-state index in [0.717, 1.165) is 18.6 Å². The number of hydrogen-bond donors (Lipinski definition) is 1. The van der Waals surface area contributed by atoms with Crippen molar-refractivity contribution < 1.29 is 4.42 Å². The third-order valence-electron chi connectivity index (χ3n) is 2.22. The zero-order valence-electron chi connectivity index (χ0n) is 8.33. The van der Waals surface area contributed by atoms with E-state index in [0.29, 0.717) is 0 Å². The molecule has 0 bridgehead atoms. The van der Waals surface area contributed by atoms with Gasteiger partial charge in [-0.3, -0.25) is 0 Å². The number of unbranched alkanes of at least 4 members (excludes halogenated alkanes) is 2. The van der Waals surface area contributed by atoms with Crippen LogP contribution in [0.1, 0.15) is 38.4 Å². The van der Waals surface area contributed by atoms with Gasteiger partial charge in [0.2, 0.25) is 0 Å². The van der Waals surface area contributed by atoms with Crippen molar-refractivity contribution in [2.45, 2.75) is 45.1 Å². The van der Waals surface area contributed by atoms with E-state index in [1.165, 1.54) is 19.3 Å². The van der Waals surface area contributed by atoms with E-state index in [4.69, 9.17) is 10.2 Å². The lowest BCUT2D eigenvalue weighted by Crippen LogP contribution is -2.22. The van der Waals surface area contributed by atoms with Gasteiger partial charge in [-0.05, 0) is 18.6 Å². The van der Waals surface area contributed by atoms with Crippen molar-refractivity contribution in [3.05, 3.63) is 24.2 Å². The quantitative estimate of drug-likeness (QED) is 0.685. The Hall–Kier alpha value is -0.760. The van der Waals surface area contributed by atoms with Crippen molar-refractivity contribution in [3.63, 3.8) is 0 Å². The summed E-state index contributed by atoms with van der Waals surface area (Å²) in [6.45, 7) is 2.21. The molecular weight excluding hydrogens is 162 g/mol. The van der Waals surface area contributed by atoms with Crippen LogP contribution in [0.25, 0.3) is 0 Å². The molecule has 0 aliphatic carbocycles. The molecule has 0 aromatic carbocycles. The maximum absolute atomic E-state index is 5.95. The minimum Gasteiger partial charge on any atom is -0.469 e. The van der Waals surface area contributed by atoms with Crippen LogP contribution in [-0.4, -0.2) is 6.04 Å². The lowest BCUT2D eigenvalue weighted by atomic mass is 10.1. The fourth-order valence-corrected chi connectivity index (χ4v) is 1.45. The summed E-state index contributed by atoms with van der Waals surface area (Å²) in [4.78, 5) is 0. The third-order valence-corrected chi connectivity index (χ3v) is 2.22. The Kier molecular flexibility index (Phi) is 4.61. The molecule has 0 saturated carbocycles. The molecule has 1 aromatic rings. The Labute approximate surface area is 80.1 Å². The normalized spacial score (nSPS) is 13.1. The van der Waals surface area contributed by atoms with Crippen LogP contribution in [0, 0.1) is 0 Å². The van der Waals surface area contributed by atoms with Crippen LogP contribution in [0.15, 0.2) is 22.8 Å². The summed E-state index contributed by atoms with van der Waals surface area (Å²) >= 11 is 0. The molecule has 0 aliphatic heterocycles. The number of furan rings is 1. The van der Waals surface area contributed by atoms with E-state index in [2.05, 4.69) is 6.92 Å². The van der Waals surface area contributed by atoms with Crippen LogP contribution in [0.4, 0.5) is 0 Å². The molecule has 0 spiro atoms. The number of hydrogen-bond acceptors (Lipinski definition) is 2. The summed E-state index contributed by atoms with van der Waals surface area (Å²) < 4.78 is 5.23. The Morgan fingerprint density at radius 3 is 2.92 bits per heavy atom. The Morgan fingerprint density at radius 1 is 1.46 bits per heavy atom. The average molecular weight is 181 g/mol. The predicted molar refractivity (Wildman–Crippen MR) is 54.5 cm³/mol. The SMILES string of the molecule is CCCCCC(N)Cc1ccco1. The second-order valence-corrected chi connectivity index (χ2v) is 3.54. The lowest BCUT2D eigenvalue weighted by Gasteiger charge is -2.08. The minimum absolute atomic E-state index is 0.262. The van der Waals surface area contributed by atoms with E-state index >= 15 is 0 Å². The van der Waals surface area contributed by atoms with Gasteiger partial charge < -0.3 is 10.2 Å². The van der Waals surface area contributed by atoms with E-state index in [1.54, 1.807) is 6.26 Å². The molecule has 74 valence electrons. The molecule has 2 nitrogen and oxygen atoms in total. The van der Waals surface area contributed by atoms with Crippen molar-refractivity contribution in [1.29, 1.82) is 0 Å². The fourth-order valence-electron chi connectivity index (χ4n) is 1.45. The molecule has 1 rings (SSSR count). The summed E-state index contributed by atoms with van der Waals surface area (Å²) in [6.07, 6.45) is 7.46. The van der Waals surface area contributed by atoms with Gasteiger partial charge in [-0.25, -0.2) is 0 Å². The average Bonchev–Trinajstić information content (AvgIpc) is 2.57. The van der Waals surface area contributed by atoms with Crippen molar-refractivity contribution in [2.75, 3.05) is 0 Å². The fraction of sp³-hybridized carbons (Fsp3) is 0.636. The van der Waals surface area contributed by atoms with E-state index in [9.17, 15) is 0 Å². The Morgan fingerprint density at radius 2 is 2.31 bits per heavy atom. The molecule has 1 atom stereocenters. The molecular formula is C11H19NO. The molecule has 0 radical (unpaired) electrons. The molecule has 0 fully saturated rings. The number of rotatable bonds is 6. The molecule has 2 heteroatoms. The third kappa shape index (κ3) is 4.13. The first-order chi connectivity index (χ1) is 6.33. The van der Waals surface area contributed by atoms with Crippen LogP contribution in [0.3, 0.4) is 0 Å². The van der Waals surface area contributed by atoms with Gasteiger partial charge >= 0.3 is 0 Å². The smallest absolute Gasteiger partial charge is 0.105 e. The monoisotopic (exact) mass is 181 g/mol. The summed E-state index contributed by atoms with van der Waals surface area (Å²) in [5.41, 5.74) is 5.95. The van der Waals surface area contributed by atoms with Crippen molar-refractivity contribution >= 4 is 0 Å². The molecule has 0 saturated heterocycles. The van der Waals surface area contributed by atoms with Crippen LogP contribution in [0.5, 0.6) is 0 Å². The zero-order chi connectivity index (χ0) is 9.52. The maximum atomic E-state index is 5.95. The standard InChI is InChI=1S/C11H19NO/c1-2-3-4-6-10(12)9-11-7-5-8-13-11/h5,7-8,10H,2-4,6,9,12H2,1H3. The highest BCUT2D eigenvalue weighted by Gasteiger charge is 2.04. The minimum atomic E-state index is 0.262. The second-order valence-electron chi connectivity index (χ2n) is 3.54. The summed E-state index contributed by atoms with van der Waals surface area (Å²) in [5.74, 6) is 1.00. The summed E-state index contributed by atoms with van der Waals surface area (Å²) in [7, 11) is 0. The first-order valence-electron chi connectivity index (χ1n) is 5.11. The van der Waals surface area contributed by atoms with Crippen LogP contribution in [-0.2, 0) is 6.42 Å². The topological polar surface area (TPSA) is 39.2 Å². The van der Waals surface area contributed by atoms with E-state index < -0.39 is 0 Å². The molecule has 2 N–H and O–H groups in total. The summed E-state index contributed by atoms with van der Waals surface area (Å²) in [5, 5.41) is 0. The van der Waals surface area contributed by atoms with Crippen molar-refractivity contribution in [2.24, 2.45) is 5.73 Å². The van der Waals surface area contributed by atoms with E-state index in [-0.39, 0.29) is 6.04 Å². The Balaban J connectivity index is 2.14. The lowest BCUT2D eigenvalue weighted by molar-refractivity contribution is 0.465. The Bertz CT molecular complexity index is 206. The molecule has 0 amide bonds. The predicted octanol–water partition coefficient (Wildman–Crippen LogP) is 2.73. The van der Waals surface area contributed by atoms with Gasteiger partial charge in [0, 0.05) is 12.5 Å². The van der Waals surface area contributed by atoms with Crippen LogP contribution >= 0.6 is 0 Å². The highest BCUT2D eigenvalue weighted by molar-refractivity contribution is 4.99. The first-order valence-corrected chi connectivity index (χ1v) is 5.11. The number of nitrogens with two attached hydrogens (primary N) is 1. The molecule has 1 heterocycles. The highest BCUT2D eigenvalue weighted by atomic mass is 16.3. The van der Waals surface area contributed by atoms with Gasteiger partial charge in [0.25, 0.3) is 0 Å². The largest absolute Gasteiger partial charge is 0.469 e. The van der Waals surface area contributed by atoms with Crippen molar-refractivity contribution in [3.8, 4) is 0 Å². The maximum Gasteiger partial charge on any atom is 0.105 e. The molecule has 1 unspecified atom stereocenters. The van der Waals surface area contributed by atoms with Gasteiger partial charge in [-0.2, -0.15) is 0 Å². The van der Waals surface area contributed by atoms with Crippen LogP contribution in [0.2, 0.25) is 0 Å². The van der Waals surface area contributed by atoms with E-state index in [1.807, 2.05) is 12.1 Å². The molecule has 0 aliphatic rings. The van der Waals surface area contributed by atoms with Gasteiger partial charge in [0.1, 0.15) is 5.76 Å². The highest BCUT2D eigenvalue weighted by Crippen LogP contribution is 2.08. The summed E-state index contributed by atoms with van der Waals surface area (Å²) in [6, 6.07) is 4.16. The van der Waals surface area contributed by atoms with Gasteiger partial charge in [-0.15, -0.1) is 0 Å². The first kappa shape index (κ1) is 10.3. The molecule has 1 aromatic heterocycles.